The molecule has 1 aliphatic heterocycles. The van der Waals surface area contributed by atoms with Gasteiger partial charge in [0, 0.05) is 35.6 Å². The van der Waals surface area contributed by atoms with E-state index in [1.165, 1.54) is 11.3 Å². The van der Waals surface area contributed by atoms with Gasteiger partial charge in [-0.2, -0.15) is 0 Å². The molecule has 1 unspecified atom stereocenters. The SMILES string of the molecule is CC(C)(C)OC(=O)N1CCC(C(=O)Nc2ncc(Cc3ccccc3Cl)s2)C1. The van der Waals surface area contributed by atoms with E-state index in [2.05, 4.69) is 10.3 Å². The average Bonchev–Trinajstić information content (AvgIpc) is 3.25. The van der Waals surface area contributed by atoms with Gasteiger partial charge in [-0.15, -0.1) is 11.3 Å². The van der Waals surface area contributed by atoms with Gasteiger partial charge in [0.1, 0.15) is 5.60 Å². The van der Waals surface area contributed by atoms with Crippen molar-refractivity contribution in [2.45, 2.75) is 39.2 Å². The maximum atomic E-state index is 12.5. The van der Waals surface area contributed by atoms with Gasteiger partial charge in [0.25, 0.3) is 0 Å². The maximum Gasteiger partial charge on any atom is 0.410 e. The lowest BCUT2D eigenvalue weighted by Gasteiger charge is -2.24. The number of aromatic nitrogens is 1. The van der Waals surface area contributed by atoms with E-state index < -0.39 is 5.60 Å². The van der Waals surface area contributed by atoms with Gasteiger partial charge in [-0.05, 0) is 38.8 Å². The van der Waals surface area contributed by atoms with Crippen LogP contribution >= 0.6 is 22.9 Å². The molecular formula is C20H24ClN3O3S. The molecule has 1 saturated heterocycles. The smallest absolute Gasteiger partial charge is 0.410 e. The highest BCUT2D eigenvalue weighted by Gasteiger charge is 2.33. The molecule has 1 aromatic heterocycles. The van der Waals surface area contributed by atoms with Gasteiger partial charge in [0.15, 0.2) is 5.13 Å². The first-order chi connectivity index (χ1) is 13.2. The van der Waals surface area contributed by atoms with Crippen LogP contribution < -0.4 is 5.32 Å². The van der Waals surface area contributed by atoms with Crippen LogP contribution in [-0.4, -0.2) is 40.6 Å². The Hall–Kier alpha value is -2.12. The summed E-state index contributed by atoms with van der Waals surface area (Å²) in [6, 6.07) is 7.68. The van der Waals surface area contributed by atoms with E-state index in [4.69, 9.17) is 16.3 Å². The van der Waals surface area contributed by atoms with Crippen molar-refractivity contribution in [3.05, 3.63) is 45.9 Å². The zero-order valence-electron chi connectivity index (χ0n) is 16.2. The van der Waals surface area contributed by atoms with E-state index in [1.54, 1.807) is 11.1 Å². The fourth-order valence-corrected chi connectivity index (χ4v) is 3.99. The largest absolute Gasteiger partial charge is 0.444 e. The van der Waals surface area contributed by atoms with Crippen LogP contribution in [0, 0.1) is 5.92 Å². The van der Waals surface area contributed by atoms with E-state index in [1.807, 2.05) is 45.0 Å². The number of benzene rings is 1. The molecule has 150 valence electrons. The second-order valence-corrected chi connectivity index (χ2v) is 9.32. The molecule has 2 heterocycles. The van der Waals surface area contributed by atoms with Gasteiger partial charge in [-0.3, -0.25) is 4.79 Å². The zero-order chi connectivity index (χ0) is 20.3. The molecule has 0 radical (unpaired) electrons. The van der Waals surface area contributed by atoms with Crippen LogP contribution in [0.1, 0.15) is 37.6 Å². The molecule has 0 saturated carbocycles. The summed E-state index contributed by atoms with van der Waals surface area (Å²) in [6.45, 7) is 6.36. The van der Waals surface area contributed by atoms with Crippen molar-refractivity contribution < 1.29 is 14.3 Å². The summed E-state index contributed by atoms with van der Waals surface area (Å²) < 4.78 is 5.37. The van der Waals surface area contributed by atoms with E-state index >= 15 is 0 Å². The summed E-state index contributed by atoms with van der Waals surface area (Å²) >= 11 is 7.63. The number of anilines is 1. The third-order valence-electron chi connectivity index (χ3n) is 4.32. The zero-order valence-corrected chi connectivity index (χ0v) is 17.8. The van der Waals surface area contributed by atoms with Crippen molar-refractivity contribution in [1.82, 2.24) is 9.88 Å². The van der Waals surface area contributed by atoms with Crippen molar-refractivity contribution in [3.8, 4) is 0 Å². The molecule has 1 fully saturated rings. The summed E-state index contributed by atoms with van der Waals surface area (Å²) in [4.78, 5) is 31.6. The quantitative estimate of drug-likeness (QED) is 0.784. The van der Waals surface area contributed by atoms with E-state index in [-0.39, 0.29) is 17.9 Å². The molecule has 8 heteroatoms. The number of nitrogens with zero attached hydrogens (tertiary/aromatic N) is 2. The van der Waals surface area contributed by atoms with Crippen molar-refractivity contribution in [1.29, 1.82) is 0 Å². The number of nitrogens with one attached hydrogen (secondary N) is 1. The monoisotopic (exact) mass is 421 g/mol. The molecule has 6 nitrogen and oxygen atoms in total. The Bertz CT molecular complexity index is 862. The van der Waals surface area contributed by atoms with Gasteiger partial charge in [0.05, 0.1) is 5.92 Å². The standard InChI is InChI=1S/C20H24ClN3O3S/c1-20(2,3)27-19(26)24-9-8-14(12-24)17(25)23-18-22-11-15(28-18)10-13-6-4-5-7-16(13)21/h4-7,11,14H,8-10,12H2,1-3H3,(H,22,23,25). The van der Waals surface area contributed by atoms with E-state index in [0.29, 0.717) is 31.1 Å². The predicted molar refractivity (Wildman–Crippen MR) is 111 cm³/mol. The van der Waals surface area contributed by atoms with Gasteiger partial charge in [0.2, 0.25) is 5.91 Å². The Morgan fingerprint density at radius 1 is 1.36 bits per heavy atom. The number of thiazole rings is 1. The fraction of sp³-hybridized carbons (Fsp3) is 0.450. The number of carbonyl (C=O) groups is 2. The minimum atomic E-state index is -0.545. The Balaban J connectivity index is 1.54. The number of likely N-dealkylation sites (tertiary alicyclic amines) is 1. The van der Waals surface area contributed by atoms with Crippen molar-refractivity contribution >= 4 is 40.1 Å². The maximum absolute atomic E-state index is 12.5. The second-order valence-electron chi connectivity index (χ2n) is 7.80. The first-order valence-electron chi connectivity index (χ1n) is 9.18. The molecule has 0 spiro atoms. The normalized spacial score (nSPS) is 16.9. The van der Waals surface area contributed by atoms with E-state index in [9.17, 15) is 9.59 Å². The third kappa shape index (κ3) is 5.45. The predicted octanol–water partition coefficient (Wildman–Crippen LogP) is 4.58. The van der Waals surface area contributed by atoms with Crippen LogP contribution in [0.15, 0.2) is 30.5 Å². The lowest BCUT2D eigenvalue weighted by Crippen LogP contribution is -2.36. The van der Waals surface area contributed by atoms with Crippen LogP contribution in [0.2, 0.25) is 5.02 Å². The topological polar surface area (TPSA) is 71.5 Å². The third-order valence-corrected chi connectivity index (χ3v) is 5.60. The van der Waals surface area contributed by atoms with Gasteiger partial charge in [-0.1, -0.05) is 29.8 Å². The molecule has 0 aliphatic carbocycles. The Kier molecular flexibility index (Phi) is 6.25. The molecular weight excluding hydrogens is 398 g/mol. The molecule has 0 bridgehead atoms. The molecule has 2 aromatic rings. The highest BCUT2D eigenvalue weighted by atomic mass is 35.5. The Labute approximate surface area is 173 Å². The summed E-state index contributed by atoms with van der Waals surface area (Å²) in [5.41, 5.74) is 0.477. The minimum absolute atomic E-state index is 0.121. The number of amides is 2. The number of rotatable bonds is 4. The number of carbonyl (C=O) groups excluding carboxylic acids is 2. The Morgan fingerprint density at radius 2 is 2.11 bits per heavy atom. The summed E-state index contributed by atoms with van der Waals surface area (Å²) in [5.74, 6) is -0.381. The number of halogens is 1. The van der Waals surface area contributed by atoms with Crippen LogP contribution in [-0.2, 0) is 16.0 Å². The highest BCUT2D eigenvalue weighted by molar-refractivity contribution is 7.15. The first-order valence-corrected chi connectivity index (χ1v) is 10.4. The van der Waals surface area contributed by atoms with Crippen molar-refractivity contribution in [2.75, 3.05) is 18.4 Å². The molecule has 1 aliphatic rings. The van der Waals surface area contributed by atoms with E-state index in [0.717, 1.165) is 15.5 Å². The van der Waals surface area contributed by atoms with Crippen molar-refractivity contribution in [2.24, 2.45) is 5.92 Å². The molecule has 2 amide bonds. The summed E-state index contributed by atoms with van der Waals surface area (Å²) in [7, 11) is 0. The fourth-order valence-electron chi connectivity index (χ4n) is 2.95. The van der Waals surface area contributed by atoms with Crippen LogP contribution in [0.25, 0.3) is 0 Å². The van der Waals surface area contributed by atoms with Gasteiger partial charge in [-0.25, -0.2) is 9.78 Å². The highest BCUT2D eigenvalue weighted by Crippen LogP contribution is 2.26. The van der Waals surface area contributed by atoms with Crippen LogP contribution in [0.3, 0.4) is 0 Å². The first kappa shape index (κ1) is 20.6. The number of ether oxygens (including phenoxy) is 1. The molecule has 3 rings (SSSR count). The molecule has 1 atom stereocenters. The Morgan fingerprint density at radius 3 is 2.82 bits per heavy atom. The second kappa shape index (κ2) is 8.49. The number of hydrogen-bond donors (Lipinski definition) is 1. The lowest BCUT2D eigenvalue weighted by molar-refractivity contribution is -0.119. The van der Waals surface area contributed by atoms with Crippen molar-refractivity contribution in [3.63, 3.8) is 0 Å². The van der Waals surface area contributed by atoms with Crippen LogP contribution in [0.5, 0.6) is 0 Å². The summed E-state index contributed by atoms with van der Waals surface area (Å²) in [5, 5.41) is 4.14. The summed E-state index contributed by atoms with van der Waals surface area (Å²) in [6.07, 6.45) is 2.66. The van der Waals surface area contributed by atoms with Gasteiger partial charge >= 0.3 is 6.09 Å². The average molecular weight is 422 g/mol. The van der Waals surface area contributed by atoms with Gasteiger partial charge < -0.3 is 15.0 Å². The molecule has 1 aromatic carbocycles. The lowest BCUT2D eigenvalue weighted by atomic mass is 10.1. The molecule has 1 N–H and O–H groups in total. The number of hydrogen-bond acceptors (Lipinski definition) is 5. The minimum Gasteiger partial charge on any atom is -0.444 e. The molecule has 28 heavy (non-hydrogen) atoms. The van der Waals surface area contributed by atoms with Crippen LogP contribution in [0.4, 0.5) is 9.93 Å².